The van der Waals surface area contributed by atoms with Crippen molar-refractivity contribution in [3.63, 3.8) is 0 Å². The number of esters is 1. The third-order valence-corrected chi connectivity index (χ3v) is 7.67. The van der Waals surface area contributed by atoms with Crippen molar-refractivity contribution in [2.45, 2.75) is 41.2 Å². The molecule has 2 aromatic rings. The first kappa shape index (κ1) is 25.1. The molecule has 178 valence electrons. The van der Waals surface area contributed by atoms with E-state index in [1.54, 1.807) is 12.1 Å². The summed E-state index contributed by atoms with van der Waals surface area (Å²) in [5.41, 5.74) is 0.168. The average Bonchev–Trinajstić information content (AvgIpc) is 3.09. The van der Waals surface area contributed by atoms with Crippen molar-refractivity contribution < 1.29 is 31.5 Å². The summed E-state index contributed by atoms with van der Waals surface area (Å²) in [6.45, 7) is 0.209. The van der Waals surface area contributed by atoms with Gasteiger partial charge in [0, 0.05) is 18.0 Å². The fourth-order valence-corrected chi connectivity index (χ4v) is 5.54. The van der Waals surface area contributed by atoms with Crippen LogP contribution in [0.25, 0.3) is 0 Å². The summed E-state index contributed by atoms with van der Waals surface area (Å²) < 4.78 is 57.7. The van der Waals surface area contributed by atoms with Gasteiger partial charge in [0.25, 0.3) is 11.7 Å². The molecule has 0 saturated carbocycles. The summed E-state index contributed by atoms with van der Waals surface area (Å²) in [6.07, 6.45) is 3.53. The molecular weight excluding hydrogens is 474 g/mol. The average molecular weight is 499 g/mol. The molecule has 1 aliphatic rings. The van der Waals surface area contributed by atoms with Crippen LogP contribution in [-0.4, -0.2) is 50.1 Å². The molecule has 0 atom stereocenters. The normalized spacial score (nSPS) is 15.1. The number of rotatable bonds is 8. The van der Waals surface area contributed by atoms with Crippen molar-refractivity contribution in [3.8, 4) is 0 Å². The zero-order valence-corrected chi connectivity index (χ0v) is 19.3. The molecule has 0 bridgehead atoms. The lowest BCUT2D eigenvalue weighted by Gasteiger charge is -2.20. The van der Waals surface area contributed by atoms with Gasteiger partial charge in [0.05, 0.1) is 16.1 Å². The zero-order valence-electron chi connectivity index (χ0n) is 17.7. The van der Waals surface area contributed by atoms with Crippen LogP contribution in [0.1, 0.15) is 36.0 Å². The third-order valence-electron chi connectivity index (χ3n) is 4.98. The number of hydrogen-bond acceptors (Lipinski definition) is 6. The Morgan fingerprint density at radius 3 is 2.42 bits per heavy atom. The van der Waals surface area contributed by atoms with Gasteiger partial charge in [0.1, 0.15) is 0 Å². The number of amides is 1. The monoisotopic (exact) mass is 498 g/mol. The number of carbonyl (C=O) groups excluding carboxylic acids is 2. The Morgan fingerprint density at radius 2 is 1.73 bits per heavy atom. The smallest absolute Gasteiger partial charge is 0.338 e. The van der Waals surface area contributed by atoms with Crippen molar-refractivity contribution in [1.82, 2.24) is 4.31 Å². The van der Waals surface area contributed by atoms with Gasteiger partial charge in [-0.3, -0.25) is 4.79 Å². The minimum atomic E-state index is -3.75. The molecule has 2 aromatic carbocycles. The number of anilines is 1. The van der Waals surface area contributed by atoms with E-state index < -0.39 is 34.3 Å². The van der Waals surface area contributed by atoms with E-state index in [9.17, 15) is 26.8 Å². The summed E-state index contributed by atoms with van der Waals surface area (Å²) in [6, 6.07) is 11.5. The second-order valence-corrected chi connectivity index (χ2v) is 10.3. The number of nitrogens with one attached hydrogen (secondary N) is 1. The van der Waals surface area contributed by atoms with Crippen molar-refractivity contribution >= 4 is 39.3 Å². The summed E-state index contributed by atoms with van der Waals surface area (Å²) in [5, 5.41) is 2.43. The maximum atomic E-state index is 12.9. The number of para-hydroxylation sites is 1. The van der Waals surface area contributed by atoms with Crippen LogP contribution in [0.4, 0.5) is 14.5 Å². The van der Waals surface area contributed by atoms with Gasteiger partial charge in [-0.05, 0) is 43.2 Å². The molecular formula is C22H24F2N2O5S2. The van der Waals surface area contributed by atoms with E-state index in [4.69, 9.17) is 4.74 Å². The Morgan fingerprint density at radius 1 is 1.03 bits per heavy atom. The highest BCUT2D eigenvalue weighted by molar-refractivity contribution is 7.99. The maximum Gasteiger partial charge on any atom is 0.338 e. The molecule has 1 amide bonds. The quantitative estimate of drug-likeness (QED) is 0.429. The van der Waals surface area contributed by atoms with Gasteiger partial charge in [-0.25, -0.2) is 13.2 Å². The summed E-state index contributed by atoms with van der Waals surface area (Å²) in [7, 11) is -3.75. The molecule has 3 rings (SSSR count). The maximum absolute atomic E-state index is 12.9. The Bertz CT molecular complexity index is 1090. The van der Waals surface area contributed by atoms with Gasteiger partial charge in [-0.2, -0.15) is 13.1 Å². The summed E-state index contributed by atoms with van der Waals surface area (Å²) >= 11 is 0.288. The molecule has 1 fully saturated rings. The Labute approximate surface area is 195 Å². The predicted molar refractivity (Wildman–Crippen MR) is 121 cm³/mol. The number of carbonyl (C=O) groups is 2. The largest absolute Gasteiger partial charge is 0.452 e. The molecule has 0 spiro atoms. The molecule has 0 radical (unpaired) electrons. The summed E-state index contributed by atoms with van der Waals surface area (Å²) in [4.78, 5) is 24.7. The van der Waals surface area contributed by atoms with Crippen molar-refractivity contribution in [2.75, 3.05) is 25.0 Å². The molecule has 1 saturated heterocycles. The standard InChI is InChI=1S/C22H24F2N2O5S2/c23-22(24)32-19-11-4-3-10-18(19)25-20(27)15-31-21(28)16-8-7-9-17(14-16)33(29,30)26-12-5-1-2-6-13-26/h3-4,7-11,14,22H,1-2,5-6,12-13,15H2,(H,25,27). The van der Waals surface area contributed by atoms with Crippen LogP contribution in [0, 0.1) is 0 Å². The minimum absolute atomic E-state index is 0.00708. The lowest BCUT2D eigenvalue weighted by atomic mass is 10.2. The molecule has 1 N–H and O–H groups in total. The van der Waals surface area contributed by atoms with Crippen LogP contribution < -0.4 is 5.32 Å². The molecule has 7 nitrogen and oxygen atoms in total. The van der Waals surface area contributed by atoms with E-state index in [1.807, 2.05) is 0 Å². The molecule has 33 heavy (non-hydrogen) atoms. The summed E-state index contributed by atoms with van der Waals surface area (Å²) in [5.74, 6) is -4.23. The number of ether oxygens (including phenoxy) is 1. The van der Waals surface area contributed by atoms with Crippen LogP contribution in [0.5, 0.6) is 0 Å². The number of hydrogen-bond donors (Lipinski definition) is 1. The van der Waals surface area contributed by atoms with Crippen molar-refractivity contribution in [2.24, 2.45) is 0 Å². The SMILES string of the molecule is O=C(COC(=O)c1cccc(S(=O)(=O)N2CCCCCC2)c1)Nc1ccccc1SC(F)F. The van der Waals surface area contributed by atoms with Crippen LogP contribution in [0.2, 0.25) is 0 Å². The van der Waals surface area contributed by atoms with Gasteiger partial charge >= 0.3 is 5.97 Å². The van der Waals surface area contributed by atoms with E-state index in [2.05, 4.69) is 5.32 Å². The van der Waals surface area contributed by atoms with Crippen LogP contribution in [0.3, 0.4) is 0 Å². The number of alkyl halides is 2. The van der Waals surface area contributed by atoms with Gasteiger partial charge in [0.2, 0.25) is 10.0 Å². The van der Waals surface area contributed by atoms with E-state index in [-0.39, 0.29) is 32.8 Å². The van der Waals surface area contributed by atoms with Crippen LogP contribution >= 0.6 is 11.8 Å². The third kappa shape index (κ3) is 6.99. The topological polar surface area (TPSA) is 92.8 Å². The Kier molecular flexibility index (Phi) is 8.81. The van der Waals surface area contributed by atoms with E-state index in [0.29, 0.717) is 13.1 Å². The zero-order chi connectivity index (χ0) is 23.8. The fraction of sp³-hybridized carbons (Fsp3) is 0.364. The van der Waals surface area contributed by atoms with Crippen LogP contribution in [0.15, 0.2) is 58.3 Å². The van der Waals surface area contributed by atoms with Gasteiger partial charge in [-0.1, -0.05) is 42.8 Å². The molecule has 0 unspecified atom stereocenters. The van der Waals surface area contributed by atoms with E-state index >= 15 is 0 Å². The second-order valence-electron chi connectivity index (χ2n) is 7.35. The molecule has 1 heterocycles. The number of benzene rings is 2. The highest BCUT2D eigenvalue weighted by Gasteiger charge is 2.26. The van der Waals surface area contributed by atoms with Crippen molar-refractivity contribution in [3.05, 3.63) is 54.1 Å². The first-order valence-corrected chi connectivity index (χ1v) is 12.7. The van der Waals surface area contributed by atoms with E-state index in [1.165, 1.54) is 40.7 Å². The number of halogens is 2. The molecule has 1 aliphatic heterocycles. The minimum Gasteiger partial charge on any atom is -0.452 e. The Balaban J connectivity index is 1.63. The molecule has 0 aliphatic carbocycles. The number of sulfonamides is 1. The number of nitrogens with zero attached hydrogens (tertiary/aromatic N) is 1. The highest BCUT2D eigenvalue weighted by Crippen LogP contribution is 2.31. The van der Waals surface area contributed by atoms with Gasteiger partial charge < -0.3 is 10.1 Å². The molecule has 11 heteroatoms. The first-order valence-electron chi connectivity index (χ1n) is 10.4. The lowest BCUT2D eigenvalue weighted by Crippen LogP contribution is -2.32. The fourth-order valence-electron chi connectivity index (χ4n) is 3.38. The van der Waals surface area contributed by atoms with Gasteiger partial charge in [-0.15, -0.1) is 0 Å². The van der Waals surface area contributed by atoms with E-state index in [0.717, 1.165) is 25.7 Å². The predicted octanol–water partition coefficient (Wildman–Crippen LogP) is 4.36. The Hall–Kier alpha value is -2.50. The van der Waals surface area contributed by atoms with Gasteiger partial charge in [0.15, 0.2) is 6.61 Å². The van der Waals surface area contributed by atoms with Crippen LogP contribution in [-0.2, 0) is 19.6 Å². The number of thioether (sulfide) groups is 1. The van der Waals surface area contributed by atoms with Crippen molar-refractivity contribution in [1.29, 1.82) is 0 Å². The highest BCUT2D eigenvalue weighted by atomic mass is 32.2. The second kappa shape index (κ2) is 11.6. The molecule has 0 aromatic heterocycles. The lowest BCUT2D eigenvalue weighted by molar-refractivity contribution is -0.119. The first-order chi connectivity index (χ1) is 15.8.